The van der Waals surface area contributed by atoms with E-state index in [1.165, 1.54) is 0 Å². The molecular weight excluding hydrogens is 500 g/mol. The largest absolute Gasteiger partial charge is 0.398 e. The number of nitrogen functional groups attached to an aromatic ring is 1. The van der Waals surface area contributed by atoms with Crippen LogP contribution in [0.3, 0.4) is 0 Å². The van der Waals surface area contributed by atoms with Gasteiger partial charge < -0.3 is 11.1 Å². The van der Waals surface area contributed by atoms with E-state index in [9.17, 15) is 23.2 Å². The van der Waals surface area contributed by atoms with Crippen LogP contribution in [0.15, 0.2) is 60.7 Å². The lowest BCUT2D eigenvalue weighted by atomic mass is 9.91. The molecule has 1 unspecified atom stereocenters. The van der Waals surface area contributed by atoms with E-state index in [0.717, 1.165) is 47.1 Å². The lowest BCUT2D eigenvalue weighted by Gasteiger charge is -2.30. The molecule has 3 N–H and O–H groups in total. The molecule has 8 heteroatoms. The van der Waals surface area contributed by atoms with E-state index in [-0.39, 0.29) is 17.9 Å². The summed E-state index contributed by atoms with van der Waals surface area (Å²) in [7, 11) is 0. The fourth-order valence-corrected chi connectivity index (χ4v) is 5.29. The highest BCUT2D eigenvalue weighted by molar-refractivity contribution is 6.22. The van der Waals surface area contributed by atoms with Crippen molar-refractivity contribution in [1.29, 1.82) is 0 Å². The predicted molar refractivity (Wildman–Crippen MR) is 148 cm³/mol. The molecule has 39 heavy (non-hydrogen) atoms. The van der Waals surface area contributed by atoms with Gasteiger partial charge in [-0.2, -0.15) is 0 Å². The van der Waals surface area contributed by atoms with Gasteiger partial charge in [-0.3, -0.25) is 14.4 Å². The van der Waals surface area contributed by atoms with Crippen molar-refractivity contribution in [3.8, 4) is 11.1 Å². The van der Waals surface area contributed by atoms with Crippen molar-refractivity contribution in [3.05, 3.63) is 83.4 Å². The molecule has 4 rings (SSSR count). The van der Waals surface area contributed by atoms with Crippen LogP contribution in [0.5, 0.6) is 0 Å². The van der Waals surface area contributed by atoms with E-state index in [4.69, 9.17) is 5.73 Å². The first-order valence-corrected chi connectivity index (χ1v) is 13.2. The van der Waals surface area contributed by atoms with E-state index < -0.39 is 41.3 Å². The first kappa shape index (κ1) is 28.0. The Morgan fingerprint density at radius 2 is 1.67 bits per heavy atom. The van der Waals surface area contributed by atoms with Gasteiger partial charge in [0.05, 0.1) is 18.0 Å². The second-order valence-electron chi connectivity index (χ2n) is 10.1. The molecule has 3 aromatic carbocycles. The van der Waals surface area contributed by atoms with Gasteiger partial charge in [0, 0.05) is 17.3 Å². The number of nitrogens with zero attached hydrogens (tertiary/aromatic N) is 1. The van der Waals surface area contributed by atoms with Gasteiger partial charge in [0.15, 0.2) is 0 Å². The number of hydrogen-bond acceptors (Lipinski definition) is 4. The van der Waals surface area contributed by atoms with E-state index in [1.807, 2.05) is 38.1 Å². The number of halogens is 2. The molecule has 1 aliphatic heterocycles. The van der Waals surface area contributed by atoms with Gasteiger partial charge >= 0.3 is 0 Å². The van der Waals surface area contributed by atoms with Gasteiger partial charge in [-0.25, -0.2) is 13.7 Å². The van der Waals surface area contributed by atoms with Crippen molar-refractivity contribution in [1.82, 2.24) is 5.32 Å². The molecule has 204 valence electrons. The maximum Gasteiger partial charge on any atom is 0.256 e. The molecule has 0 aromatic heterocycles. The number of carbonyl (C=O) groups excluding carboxylic acids is 3. The van der Waals surface area contributed by atoms with Crippen molar-refractivity contribution in [3.63, 3.8) is 0 Å². The molecule has 0 aliphatic carbocycles. The molecular formula is C31H33F2N3O3. The van der Waals surface area contributed by atoms with Crippen LogP contribution in [0.2, 0.25) is 0 Å². The number of nitrogens with one attached hydrogen (secondary N) is 1. The Kier molecular flexibility index (Phi) is 8.43. The van der Waals surface area contributed by atoms with Crippen molar-refractivity contribution in [2.75, 3.05) is 10.6 Å². The van der Waals surface area contributed by atoms with Crippen LogP contribution in [0, 0.1) is 17.6 Å². The van der Waals surface area contributed by atoms with Gasteiger partial charge in [0.2, 0.25) is 11.8 Å². The van der Waals surface area contributed by atoms with Crippen molar-refractivity contribution >= 4 is 29.1 Å². The molecule has 1 heterocycles. The maximum absolute atomic E-state index is 14.2. The zero-order valence-corrected chi connectivity index (χ0v) is 22.3. The molecule has 0 bridgehead atoms. The van der Waals surface area contributed by atoms with Crippen LogP contribution in [0.4, 0.5) is 20.2 Å². The number of imide groups is 1. The molecule has 0 saturated carbocycles. The highest BCUT2D eigenvalue weighted by atomic mass is 19.1. The van der Waals surface area contributed by atoms with Gasteiger partial charge in [-0.05, 0) is 60.2 Å². The molecule has 1 aliphatic rings. The summed E-state index contributed by atoms with van der Waals surface area (Å²) < 4.78 is 27.4. The Bertz CT molecular complexity index is 1380. The number of fused-ring (bicyclic) bond motifs is 3. The summed E-state index contributed by atoms with van der Waals surface area (Å²) >= 11 is 0. The summed E-state index contributed by atoms with van der Waals surface area (Å²) in [5.41, 5.74) is 9.43. The highest BCUT2D eigenvalue weighted by Gasteiger charge is 2.39. The van der Waals surface area contributed by atoms with Gasteiger partial charge in [0.25, 0.3) is 5.91 Å². The molecule has 0 radical (unpaired) electrons. The van der Waals surface area contributed by atoms with Gasteiger partial charge in [-0.15, -0.1) is 0 Å². The van der Waals surface area contributed by atoms with E-state index in [1.54, 1.807) is 25.1 Å². The van der Waals surface area contributed by atoms with Crippen molar-refractivity contribution in [2.45, 2.75) is 58.4 Å². The fraction of sp³-hybridized carbons (Fsp3) is 0.323. The van der Waals surface area contributed by atoms with Gasteiger partial charge in [0.1, 0.15) is 17.7 Å². The lowest BCUT2D eigenvalue weighted by molar-refractivity contribution is -0.131. The molecule has 6 nitrogen and oxygen atoms in total. The number of benzene rings is 3. The Labute approximate surface area is 227 Å². The lowest BCUT2D eigenvalue weighted by Crippen LogP contribution is -2.52. The van der Waals surface area contributed by atoms with Crippen LogP contribution < -0.4 is 16.0 Å². The van der Waals surface area contributed by atoms with Crippen molar-refractivity contribution in [2.24, 2.45) is 5.92 Å². The average Bonchev–Trinajstić information content (AvgIpc) is 2.99. The number of carbonyl (C=O) groups is 3. The Morgan fingerprint density at radius 1 is 1.00 bits per heavy atom. The number of anilines is 2. The quantitative estimate of drug-likeness (QED) is 0.361. The van der Waals surface area contributed by atoms with Crippen LogP contribution in [-0.4, -0.2) is 23.8 Å². The minimum Gasteiger partial charge on any atom is -0.398 e. The van der Waals surface area contributed by atoms with Crippen LogP contribution in [0.1, 0.15) is 57.1 Å². The normalized spacial score (nSPS) is 15.4. The molecule has 0 spiro atoms. The predicted octanol–water partition coefficient (Wildman–Crippen LogP) is 5.74. The molecule has 0 saturated heterocycles. The third-order valence-corrected chi connectivity index (χ3v) is 7.47. The van der Waals surface area contributed by atoms with Crippen LogP contribution in [0.25, 0.3) is 11.1 Å². The topological polar surface area (TPSA) is 92.5 Å². The Balaban J connectivity index is 1.73. The van der Waals surface area contributed by atoms with E-state index in [0.29, 0.717) is 23.4 Å². The number of amides is 3. The minimum absolute atomic E-state index is 0.0999. The van der Waals surface area contributed by atoms with Crippen molar-refractivity contribution < 1.29 is 23.2 Å². The summed E-state index contributed by atoms with van der Waals surface area (Å²) in [4.78, 5) is 42.3. The second kappa shape index (κ2) is 11.8. The smallest absolute Gasteiger partial charge is 0.256 e. The standard InChI is InChI=1S/C31H33F2N3O3/c1-4-19(5-2)15-26(35-28(37)16-20-13-21(32)17-22(33)14-20)31(39)36-27-12-8-11-25(34)29(27)24-10-7-6-9-23(24)18(3)30(36)38/h6-14,17-19,26H,4-5,15-16,34H2,1-3H3,(H,35,37)/t18?,26-/m0/s1. The molecule has 0 fully saturated rings. The fourth-order valence-electron chi connectivity index (χ4n) is 5.29. The van der Waals surface area contributed by atoms with Crippen LogP contribution in [-0.2, 0) is 20.8 Å². The van der Waals surface area contributed by atoms with E-state index in [2.05, 4.69) is 5.32 Å². The molecule has 3 aromatic rings. The number of nitrogens with two attached hydrogens (primary N) is 1. The average molecular weight is 534 g/mol. The van der Waals surface area contributed by atoms with E-state index >= 15 is 0 Å². The minimum atomic E-state index is -1.03. The first-order chi connectivity index (χ1) is 18.6. The zero-order valence-electron chi connectivity index (χ0n) is 22.3. The summed E-state index contributed by atoms with van der Waals surface area (Å²) in [5, 5.41) is 2.76. The highest BCUT2D eigenvalue weighted by Crippen LogP contribution is 2.44. The summed E-state index contributed by atoms with van der Waals surface area (Å²) in [6, 6.07) is 14.4. The third kappa shape index (κ3) is 5.85. The van der Waals surface area contributed by atoms with Gasteiger partial charge in [-0.1, -0.05) is 57.0 Å². The maximum atomic E-state index is 14.2. The third-order valence-electron chi connectivity index (χ3n) is 7.47. The first-order valence-electron chi connectivity index (χ1n) is 13.2. The molecule has 3 amide bonds. The SMILES string of the molecule is CCC(CC)C[C@H](NC(=O)Cc1cc(F)cc(F)c1)C(=O)N1C(=O)C(C)c2ccccc2-c2c(N)cccc21. The summed E-state index contributed by atoms with van der Waals surface area (Å²) in [6.45, 7) is 5.74. The Morgan fingerprint density at radius 3 is 2.33 bits per heavy atom. The van der Waals surface area contributed by atoms with Crippen LogP contribution >= 0.6 is 0 Å². The summed E-state index contributed by atoms with van der Waals surface area (Å²) in [5.74, 6) is -3.69. The second-order valence-corrected chi connectivity index (χ2v) is 10.1. The molecule has 2 atom stereocenters. The zero-order chi connectivity index (χ0) is 28.3. The number of hydrogen-bond donors (Lipinski definition) is 2. The Hall–Kier alpha value is -4.07. The number of rotatable bonds is 8. The monoisotopic (exact) mass is 533 g/mol. The summed E-state index contributed by atoms with van der Waals surface area (Å²) in [6.07, 6.45) is 1.52.